The van der Waals surface area contributed by atoms with Crippen LogP contribution in [0.4, 0.5) is 4.79 Å². The van der Waals surface area contributed by atoms with Crippen molar-refractivity contribution in [2.75, 3.05) is 19.6 Å². The molecule has 0 aromatic heterocycles. The lowest BCUT2D eigenvalue weighted by atomic mass is 9.76. The van der Waals surface area contributed by atoms with Crippen LogP contribution in [0.1, 0.15) is 52.4 Å². The number of urea groups is 1. The molecule has 0 bridgehead atoms. The Morgan fingerprint density at radius 2 is 1.90 bits per heavy atom. The molecule has 2 amide bonds. The predicted octanol–water partition coefficient (Wildman–Crippen LogP) is 2.71. The average Bonchev–Trinajstić information content (AvgIpc) is 2.45. The van der Waals surface area contributed by atoms with Gasteiger partial charge in [-0.15, -0.1) is 0 Å². The van der Waals surface area contributed by atoms with Crippen molar-refractivity contribution in [3.8, 4) is 0 Å². The van der Waals surface area contributed by atoms with Gasteiger partial charge in [-0.05, 0) is 30.6 Å². The molecule has 21 heavy (non-hydrogen) atoms. The summed E-state index contributed by atoms with van der Waals surface area (Å²) >= 11 is 0. The summed E-state index contributed by atoms with van der Waals surface area (Å²) < 4.78 is 0. The van der Waals surface area contributed by atoms with Crippen LogP contribution < -0.4 is 5.32 Å². The Morgan fingerprint density at radius 1 is 1.24 bits per heavy atom. The Hall–Kier alpha value is -1.26. The van der Waals surface area contributed by atoms with Gasteiger partial charge in [-0.2, -0.15) is 0 Å². The van der Waals surface area contributed by atoms with Crippen LogP contribution in [0.3, 0.4) is 0 Å². The molecule has 0 aromatic carbocycles. The van der Waals surface area contributed by atoms with Gasteiger partial charge in [0.05, 0.1) is 5.92 Å². The number of likely N-dealkylation sites (tertiary alicyclic amines) is 1. The summed E-state index contributed by atoms with van der Waals surface area (Å²) in [4.78, 5) is 25.2. The van der Waals surface area contributed by atoms with Crippen LogP contribution in [0.5, 0.6) is 0 Å². The number of carbonyl (C=O) groups excluding carboxylic acids is 1. The lowest BCUT2D eigenvalue weighted by Gasteiger charge is -2.37. The maximum atomic E-state index is 12.3. The molecule has 1 heterocycles. The summed E-state index contributed by atoms with van der Waals surface area (Å²) in [5.41, 5.74) is 0.210. The van der Waals surface area contributed by atoms with Gasteiger partial charge in [-0.25, -0.2) is 4.79 Å². The number of nitrogens with zero attached hydrogens (tertiary/aromatic N) is 1. The molecule has 120 valence electrons. The summed E-state index contributed by atoms with van der Waals surface area (Å²) in [6.45, 7) is 5.95. The third kappa shape index (κ3) is 4.35. The molecule has 1 saturated heterocycles. The minimum atomic E-state index is -0.793. The van der Waals surface area contributed by atoms with Crippen molar-refractivity contribution in [2.45, 2.75) is 52.4 Å². The van der Waals surface area contributed by atoms with Gasteiger partial charge >= 0.3 is 12.0 Å². The highest BCUT2D eigenvalue weighted by Crippen LogP contribution is 2.35. The third-order valence-electron chi connectivity index (χ3n) is 5.02. The van der Waals surface area contributed by atoms with E-state index in [4.69, 9.17) is 0 Å². The molecule has 0 aromatic rings. The second-order valence-corrected chi connectivity index (χ2v) is 7.31. The Bertz CT molecular complexity index is 391. The van der Waals surface area contributed by atoms with Crippen LogP contribution in [0, 0.1) is 17.3 Å². The molecule has 2 N–H and O–H groups in total. The van der Waals surface area contributed by atoms with Gasteiger partial charge in [-0.3, -0.25) is 4.79 Å². The fourth-order valence-electron chi connectivity index (χ4n) is 3.68. The van der Waals surface area contributed by atoms with Crippen molar-refractivity contribution in [2.24, 2.45) is 17.3 Å². The van der Waals surface area contributed by atoms with Gasteiger partial charge in [0.15, 0.2) is 0 Å². The smallest absolute Gasteiger partial charge is 0.317 e. The van der Waals surface area contributed by atoms with Crippen LogP contribution in [0.2, 0.25) is 0 Å². The number of hydrogen-bond donors (Lipinski definition) is 2. The number of rotatable bonds is 3. The van der Waals surface area contributed by atoms with E-state index in [1.807, 2.05) is 6.92 Å². The number of carboxylic acids is 1. The van der Waals surface area contributed by atoms with Crippen molar-refractivity contribution in [1.29, 1.82) is 0 Å². The third-order valence-corrected chi connectivity index (χ3v) is 5.02. The predicted molar refractivity (Wildman–Crippen MR) is 81.1 cm³/mol. The van der Waals surface area contributed by atoms with Gasteiger partial charge in [0, 0.05) is 19.6 Å². The van der Waals surface area contributed by atoms with E-state index < -0.39 is 11.9 Å². The van der Waals surface area contributed by atoms with Crippen LogP contribution >= 0.6 is 0 Å². The van der Waals surface area contributed by atoms with Gasteiger partial charge in [-0.1, -0.05) is 33.1 Å². The second kappa shape index (κ2) is 6.67. The molecular formula is C16H28N2O3. The Morgan fingerprint density at radius 3 is 2.52 bits per heavy atom. The zero-order chi connectivity index (χ0) is 15.5. The standard InChI is InChI=1S/C16H28N2O3/c1-12-8-13(14(19)20)10-18(9-12)15(21)17-11-16(2)6-4-3-5-7-16/h12-13H,3-11H2,1-2H3,(H,17,21)(H,19,20). The van der Waals surface area contributed by atoms with Gasteiger partial charge in [0.1, 0.15) is 0 Å². The number of carboxylic acid groups (broad SMARTS) is 1. The van der Waals surface area contributed by atoms with Crippen molar-refractivity contribution < 1.29 is 14.7 Å². The summed E-state index contributed by atoms with van der Waals surface area (Å²) in [6.07, 6.45) is 6.79. The largest absolute Gasteiger partial charge is 0.481 e. The number of aliphatic carboxylic acids is 1. The fourth-order valence-corrected chi connectivity index (χ4v) is 3.68. The maximum absolute atomic E-state index is 12.3. The number of nitrogens with one attached hydrogen (secondary N) is 1. The van der Waals surface area contributed by atoms with Crippen molar-refractivity contribution in [3.63, 3.8) is 0 Å². The molecule has 2 rings (SSSR count). The quantitative estimate of drug-likeness (QED) is 0.841. The molecule has 2 atom stereocenters. The Labute approximate surface area is 127 Å². The summed E-state index contributed by atoms with van der Waals surface area (Å²) in [5.74, 6) is -0.973. The number of carbonyl (C=O) groups is 2. The number of piperidine rings is 1. The Kier molecular flexibility index (Phi) is 5.12. The number of hydrogen-bond acceptors (Lipinski definition) is 2. The molecular weight excluding hydrogens is 268 g/mol. The molecule has 2 aliphatic rings. The highest BCUT2D eigenvalue weighted by molar-refractivity contribution is 5.76. The van der Waals surface area contributed by atoms with E-state index in [2.05, 4.69) is 12.2 Å². The minimum Gasteiger partial charge on any atom is -0.481 e. The molecule has 1 saturated carbocycles. The summed E-state index contributed by atoms with van der Waals surface area (Å²) in [6, 6.07) is -0.0976. The zero-order valence-corrected chi connectivity index (χ0v) is 13.2. The van der Waals surface area contributed by atoms with E-state index in [-0.39, 0.29) is 17.4 Å². The number of amides is 2. The van der Waals surface area contributed by atoms with Crippen LogP contribution in [0.25, 0.3) is 0 Å². The molecule has 1 aliphatic heterocycles. The monoisotopic (exact) mass is 296 g/mol. The molecule has 1 aliphatic carbocycles. The van der Waals surface area contributed by atoms with Gasteiger partial charge in [0.25, 0.3) is 0 Å². The van der Waals surface area contributed by atoms with E-state index in [0.29, 0.717) is 26.1 Å². The first-order valence-electron chi connectivity index (χ1n) is 8.15. The van der Waals surface area contributed by atoms with Crippen molar-refractivity contribution in [1.82, 2.24) is 10.2 Å². The summed E-state index contributed by atoms with van der Waals surface area (Å²) in [7, 11) is 0. The zero-order valence-electron chi connectivity index (χ0n) is 13.2. The van der Waals surface area contributed by atoms with Gasteiger partial charge < -0.3 is 15.3 Å². The van der Waals surface area contributed by atoms with E-state index in [1.165, 1.54) is 32.1 Å². The van der Waals surface area contributed by atoms with Crippen molar-refractivity contribution in [3.05, 3.63) is 0 Å². The van der Waals surface area contributed by atoms with E-state index in [0.717, 1.165) is 0 Å². The molecule has 0 spiro atoms. The van der Waals surface area contributed by atoms with Gasteiger partial charge in [0.2, 0.25) is 0 Å². The normalized spacial score (nSPS) is 29.0. The van der Waals surface area contributed by atoms with E-state index in [9.17, 15) is 14.7 Å². The maximum Gasteiger partial charge on any atom is 0.317 e. The van der Waals surface area contributed by atoms with Crippen LogP contribution in [-0.4, -0.2) is 41.6 Å². The molecule has 5 nitrogen and oxygen atoms in total. The van der Waals surface area contributed by atoms with E-state index >= 15 is 0 Å². The lowest BCUT2D eigenvalue weighted by molar-refractivity contribution is -0.143. The highest BCUT2D eigenvalue weighted by atomic mass is 16.4. The van der Waals surface area contributed by atoms with E-state index in [1.54, 1.807) is 4.90 Å². The van der Waals surface area contributed by atoms with Crippen molar-refractivity contribution >= 4 is 12.0 Å². The average molecular weight is 296 g/mol. The van der Waals surface area contributed by atoms with Crippen LogP contribution in [-0.2, 0) is 4.79 Å². The highest BCUT2D eigenvalue weighted by Gasteiger charge is 2.33. The first-order chi connectivity index (χ1) is 9.89. The first kappa shape index (κ1) is 16.1. The molecule has 0 radical (unpaired) electrons. The second-order valence-electron chi connectivity index (χ2n) is 7.31. The first-order valence-corrected chi connectivity index (χ1v) is 8.15. The van der Waals surface area contributed by atoms with Crippen LogP contribution in [0.15, 0.2) is 0 Å². The minimum absolute atomic E-state index is 0.0976. The molecule has 2 fully saturated rings. The Balaban J connectivity index is 1.86. The topological polar surface area (TPSA) is 69.6 Å². The summed E-state index contributed by atoms with van der Waals surface area (Å²) in [5, 5.41) is 12.2. The fraction of sp³-hybridized carbons (Fsp3) is 0.875. The SMILES string of the molecule is CC1CC(C(=O)O)CN(C(=O)NCC2(C)CCCCC2)C1. The molecule has 5 heteroatoms. The molecule has 2 unspecified atom stereocenters. The lowest BCUT2D eigenvalue weighted by Crippen LogP contribution is -2.51.